The van der Waals surface area contributed by atoms with Gasteiger partial charge >= 0.3 is 5.97 Å². The molecule has 0 spiro atoms. The lowest BCUT2D eigenvalue weighted by Gasteiger charge is -2.11. The van der Waals surface area contributed by atoms with Crippen LogP contribution in [0, 0.1) is 0 Å². The van der Waals surface area contributed by atoms with E-state index in [-0.39, 0.29) is 6.61 Å². The lowest BCUT2D eigenvalue weighted by molar-refractivity contribution is -0.146. The van der Waals surface area contributed by atoms with Crippen molar-refractivity contribution in [3.8, 4) is 5.75 Å². The second-order valence-corrected chi connectivity index (χ2v) is 3.73. The van der Waals surface area contributed by atoms with Crippen LogP contribution in [-0.4, -0.2) is 26.0 Å². The van der Waals surface area contributed by atoms with Crippen molar-refractivity contribution in [1.82, 2.24) is 0 Å². The van der Waals surface area contributed by atoms with Crippen LogP contribution >= 0.6 is 11.6 Å². The molecule has 1 aromatic rings. The van der Waals surface area contributed by atoms with Crippen LogP contribution in [0.15, 0.2) is 18.2 Å². The number of benzene rings is 1. The number of carbonyl (C=O) groups is 2. The molecule has 0 aromatic heterocycles. The first-order valence-electron chi connectivity index (χ1n) is 5.08. The molecule has 0 aliphatic heterocycles. The Morgan fingerprint density at radius 3 is 2.71 bits per heavy atom. The van der Waals surface area contributed by atoms with Crippen molar-refractivity contribution in [3.05, 3.63) is 28.8 Å². The highest BCUT2D eigenvalue weighted by molar-refractivity contribution is 6.30. The highest BCUT2D eigenvalue weighted by Gasteiger charge is 2.22. The van der Waals surface area contributed by atoms with Crippen molar-refractivity contribution in [2.45, 2.75) is 12.8 Å². The van der Waals surface area contributed by atoms with Crippen LogP contribution in [-0.2, 0) is 14.3 Å². The molecule has 0 saturated carbocycles. The van der Waals surface area contributed by atoms with Crippen LogP contribution in [0.2, 0.25) is 5.02 Å². The maximum Gasteiger partial charge on any atom is 0.320 e. The lowest BCUT2D eigenvalue weighted by atomic mass is 10.0. The summed E-state index contributed by atoms with van der Waals surface area (Å²) in [4.78, 5) is 22.5. The van der Waals surface area contributed by atoms with Crippen LogP contribution in [0.4, 0.5) is 0 Å². The van der Waals surface area contributed by atoms with Gasteiger partial charge in [0.05, 0.1) is 13.7 Å². The molecule has 1 atom stereocenters. The summed E-state index contributed by atoms with van der Waals surface area (Å²) >= 11 is 5.86. The fraction of sp³-hybridized carbons (Fsp3) is 0.333. The zero-order chi connectivity index (χ0) is 12.8. The number of methoxy groups -OCH3 is 1. The van der Waals surface area contributed by atoms with E-state index in [9.17, 15) is 9.59 Å². The van der Waals surface area contributed by atoms with Gasteiger partial charge < -0.3 is 14.3 Å². The molecule has 0 amide bonds. The van der Waals surface area contributed by atoms with Crippen LogP contribution in [0.5, 0.6) is 5.75 Å². The molecular weight excluding hydrogens is 244 g/mol. The van der Waals surface area contributed by atoms with Gasteiger partial charge in [-0.05, 0) is 30.7 Å². The van der Waals surface area contributed by atoms with Crippen LogP contribution in [0.25, 0.3) is 0 Å². The second-order valence-electron chi connectivity index (χ2n) is 3.29. The van der Waals surface area contributed by atoms with Crippen molar-refractivity contribution in [1.29, 1.82) is 0 Å². The highest BCUT2D eigenvalue weighted by Crippen LogP contribution is 2.26. The summed E-state index contributed by atoms with van der Waals surface area (Å²) in [5.74, 6) is -1.07. The number of ether oxygens (including phenoxy) is 2. The van der Waals surface area contributed by atoms with E-state index in [1.165, 1.54) is 7.11 Å². The van der Waals surface area contributed by atoms with Gasteiger partial charge in [-0.3, -0.25) is 4.79 Å². The summed E-state index contributed by atoms with van der Waals surface area (Å²) < 4.78 is 9.83. The maximum absolute atomic E-state index is 11.5. The third kappa shape index (κ3) is 3.46. The molecule has 1 unspecified atom stereocenters. The summed E-state index contributed by atoms with van der Waals surface area (Å²) in [5.41, 5.74) is 0.461. The Balaban J connectivity index is 3.06. The molecule has 0 N–H and O–H groups in total. The molecule has 0 aliphatic carbocycles. The van der Waals surface area contributed by atoms with Crippen molar-refractivity contribution in [2.24, 2.45) is 0 Å². The summed E-state index contributed by atoms with van der Waals surface area (Å²) in [6.07, 6.45) is 0.531. The molecule has 5 heteroatoms. The first-order valence-corrected chi connectivity index (χ1v) is 5.46. The van der Waals surface area contributed by atoms with E-state index in [2.05, 4.69) is 0 Å². The molecule has 1 rings (SSSR count). The number of hydrogen-bond acceptors (Lipinski definition) is 4. The van der Waals surface area contributed by atoms with Crippen LogP contribution in [0.1, 0.15) is 18.4 Å². The zero-order valence-corrected chi connectivity index (χ0v) is 10.4. The number of rotatable bonds is 5. The molecule has 0 fully saturated rings. The predicted octanol–water partition coefficient (Wildman–Crippen LogP) is 2.19. The standard InChI is InChI=1S/C12H13ClO4/c1-3-17-12(15)11(7-14)8-4-9(13)6-10(5-8)16-2/h4-7,11H,3H2,1-2H3. The number of esters is 1. The van der Waals surface area contributed by atoms with Crippen LogP contribution in [0.3, 0.4) is 0 Å². The van der Waals surface area contributed by atoms with Gasteiger partial charge in [0, 0.05) is 5.02 Å². The first kappa shape index (κ1) is 13.5. The number of hydrogen-bond donors (Lipinski definition) is 0. The van der Waals surface area contributed by atoms with E-state index >= 15 is 0 Å². The third-order valence-corrected chi connectivity index (χ3v) is 2.38. The normalized spacial score (nSPS) is 11.7. The van der Waals surface area contributed by atoms with Gasteiger partial charge in [0.15, 0.2) is 0 Å². The molecule has 0 bridgehead atoms. The number of halogens is 1. The number of carbonyl (C=O) groups excluding carboxylic acids is 2. The quantitative estimate of drug-likeness (QED) is 0.460. The lowest BCUT2D eigenvalue weighted by Crippen LogP contribution is -2.17. The highest BCUT2D eigenvalue weighted by atomic mass is 35.5. The molecule has 0 aliphatic rings. The summed E-state index contributed by atoms with van der Waals surface area (Å²) in [7, 11) is 1.48. The van der Waals surface area contributed by atoms with Gasteiger partial charge in [-0.25, -0.2) is 0 Å². The van der Waals surface area contributed by atoms with Gasteiger partial charge in [0.1, 0.15) is 18.0 Å². The average Bonchev–Trinajstić information content (AvgIpc) is 2.29. The van der Waals surface area contributed by atoms with E-state index in [1.54, 1.807) is 25.1 Å². The Hall–Kier alpha value is -1.55. The van der Waals surface area contributed by atoms with Crippen molar-refractivity contribution in [2.75, 3.05) is 13.7 Å². The Kier molecular flexibility index (Phi) is 4.97. The molecule has 92 valence electrons. The van der Waals surface area contributed by atoms with Gasteiger partial charge in [0.25, 0.3) is 0 Å². The maximum atomic E-state index is 11.5. The minimum atomic E-state index is -0.970. The minimum Gasteiger partial charge on any atom is -0.497 e. The van der Waals surface area contributed by atoms with Crippen LogP contribution < -0.4 is 4.74 Å². The molecule has 0 saturated heterocycles. The van der Waals surface area contributed by atoms with Gasteiger partial charge in [0.2, 0.25) is 0 Å². The molecule has 0 heterocycles. The van der Waals surface area contributed by atoms with Gasteiger partial charge in [-0.2, -0.15) is 0 Å². The fourth-order valence-corrected chi connectivity index (χ4v) is 1.62. The molecule has 0 radical (unpaired) electrons. The summed E-state index contributed by atoms with van der Waals surface area (Å²) in [6.45, 7) is 1.90. The van der Waals surface area contributed by atoms with E-state index in [0.29, 0.717) is 22.6 Å². The molecular formula is C12H13ClO4. The Labute approximate surface area is 104 Å². The number of aldehydes is 1. The van der Waals surface area contributed by atoms with Crippen molar-refractivity contribution in [3.63, 3.8) is 0 Å². The topological polar surface area (TPSA) is 52.6 Å². The molecule has 4 nitrogen and oxygen atoms in total. The largest absolute Gasteiger partial charge is 0.497 e. The monoisotopic (exact) mass is 256 g/mol. The SMILES string of the molecule is CCOC(=O)C(C=O)c1cc(Cl)cc(OC)c1. The van der Waals surface area contributed by atoms with E-state index in [0.717, 1.165) is 0 Å². The predicted molar refractivity (Wildman–Crippen MR) is 63.4 cm³/mol. The Bertz CT molecular complexity index is 417. The van der Waals surface area contributed by atoms with Crippen molar-refractivity contribution >= 4 is 23.9 Å². The zero-order valence-electron chi connectivity index (χ0n) is 9.60. The van der Waals surface area contributed by atoms with E-state index in [4.69, 9.17) is 21.1 Å². The van der Waals surface area contributed by atoms with Gasteiger partial charge in [-0.15, -0.1) is 0 Å². The third-order valence-electron chi connectivity index (χ3n) is 2.17. The summed E-state index contributed by atoms with van der Waals surface area (Å²) in [6, 6.07) is 4.72. The van der Waals surface area contributed by atoms with E-state index < -0.39 is 11.9 Å². The Morgan fingerprint density at radius 2 is 2.18 bits per heavy atom. The average molecular weight is 257 g/mol. The van der Waals surface area contributed by atoms with E-state index in [1.807, 2.05) is 0 Å². The molecule has 17 heavy (non-hydrogen) atoms. The second kappa shape index (κ2) is 6.25. The first-order chi connectivity index (χ1) is 8.12. The Morgan fingerprint density at radius 1 is 1.47 bits per heavy atom. The fourth-order valence-electron chi connectivity index (χ4n) is 1.38. The van der Waals surface area contributed by atoms with Crippen molar-refractivity contribution < 1.29 is 19.1 Å². The minimum absolute atomic E-state index is 0.223. The van der Waals surface area contributed by atoms with Gasteiger partial charge in [-0.1, -0.05) is 11.6 Å². The molecule has 1 aromatic carbocycles. The smallest absolute Gasteiger partial charge is 0.320 e. The summed E-state index contributed by atoms with van der Waals surface area (Å²) in [5, 5.41) is 0.399.